The number of carbonyl (C=O) groups excluding carboxylic acids is 1. The summed E-state index contributed by atoms with van der Waals surface area (Å²) in [5.41, 5.74) is 0. The van der Waals surface area contributed by atoms with Gasteiger partial charge in [-0.1, -0.05) is 25.5 Å². The Labute approximate surface area is 79.7 Å². The first kappa shape index (κ1) is 12.3. The Bertz CT molecular complexity index is 132. The predicted molar refractivity (Wildman–Crippen MR) is 51.5 cm³/mol. The van der Waals surface area contributed by atoms with Crippen molar-refractivity contribution in [2.45, 2.75) is 26.2 Å². The summed E-state index contributed by atoms with van der Waals surface area (Å²) in [4.78, 5) is 9.90. The topological polar surface area (TPSA) is 35.5 Å². The van der Waals surface area contributed by atoms with Gasteiger partial charge in [-0.2, -0.15) is 0 Å². The number of carbonyl (C=O) groups is 1. The van der Waals surface area contributed by atoms with Gasteiger partial charge in [-0.15, -0.1) is 0 Å². The van der Waals surface area contributed by atoms with Crippen molar-refractivity contribution in [2.24, 2.45) is 0 Å². The maximum atomic E-state index is 9.90. The molecule has 0 rings (SSSR count). The molecule has 0 unspecified atom stereocenters. The van der Waals surface area contributed by atoms with E-state index in [9.17, 15) is 4.79 Å². The number of hydrogen-bond acceptors (Lipinski definition) is 3. The quantitative estimate of drug-likeness (QED) is 0.239. The van der Waals surface area contributed by atoms with E-state index >= 15 is 0 Å². The standard InChI is InChI=1S/C10H18O3/c1-2-3-8-12-10-13-9-6-4-5-7-11/h4,6-7H,2-3,5,8-10H2,1H3. The van der Waals surface area contributed by atoms with E-state index < -0.39 is 0 Å². The highest BCUT2D eigenvalue weighted by Gasteiger charge is 1.85. The average molecular weight is 186 g/mol. The highest BCUT2D eigenvalue weighted by atomic mass is 16.7. The van der Waals surface area contributed by atoms with Gasteiger partial charge in [0.25, 0.3) is 0 Å². The van der Waals surface area contributed by atoms with E-state index in [1.807, 2.05) is 6.08 Å². The van der Waals surface area contributed by atoms with Gasteiger partial charge in [-0.3, -0.25) is 0 Å². The smallest absolute Gasteiger partial charge is 0.147 e. The molecule has 0 heterocycles. The number of rotatable bonds is 9. The van der Waals surface area contributed by atoms with Gasteiger partial charge in [-0.05, 0) is 6.42 Å². The van der Waals surface area contributed by atoms with Gasteiger partial charge < -0.3 is 14.3 Å². The lowest BCUT2D eigenvalue weighted by Gasteiger charge is -2.01. The minimum absolute atomic E-state index is 0.339. The van der Waals surface area contributed by atoms with Crippen LogP contribution in [0.2, 0.25) is 0 Å². The van der Waals surface area contributed by atoms with Gasteiger partial charge in [-0.25, -0.2) is 0 Å². The molecule has 0 fully saturated rings. The average Bonchev–Trinajstić information content (AvgIpc) is 2.16. The Balaban J connectivity index is 2.94. The molecule has 0 aromatic carbocycles. The molecule has 76 valence electrons. The summed E-state index contributed by atoms with van der Waals surface area (Å²) < 4.78 is 10.3. The van der Waals surface area contributed by atoms with Crippen molar-refractivity contribution < 1.29 is 14.3 Å². The summed E-state index contributed by atoms with van der Waals surface area (Å²) in [6, 6.07) is 0. The minimum atomic E-state index is 0.339. The number of hydrogen-bond donors (Lipinski definition) is 0. The Morgan fingerprint density at radius 1 is 1.23 bits per heavy atom. The monoisotopic (exact) mass is 186 g/mol. The predicted octanol–water partition coefficient (Wildman–Crippen LogP) is 1.92. The highest BCUT2D eigenvalue weighted by Crippen LogP contribution is 1.88. The van der Waals surface area contributed by atoms with Gasteiger partial charge in [0.15, 0.2) is 0 Å². The van der Waals surface area contributed by atoms with E-state index in [0.29, 0.717) is 19.8 Å². The summed E-state index contributed by atoms with van der Waals surface area (Å²) in [6.07, 6.45) is 7.12. The van der Waals surface area contributed by atoms with Crippen molar-refractivity contribution in [2.75, 3.05) is 20.0 Å². The molecule has 0 atom stereocenters. The lowest BCUT2D eigenvalue weighted by Crippen LogP contribution is -2.01. The van der Waals surface area contributed by atoms with E-state index in [2.05, 4.69) is 6.92 Å². The van der Waals surface area contributed by atoms with Crippen LogP contribution in [0.3, 0.4) is 0 Å². The van der Waals surface area contributed by atoms with Crippen molar-refractivity contribution in [3.8, 4) is 0 Å². The molecule has 0 saturated carbocycles. The first-order chi connectivity index (χ1) is 6.41. The van der Waals surface area contributed by atoms with Crippen molar-refractivity contribution in [1.29, 1.82) is 0 Å². The molecule has 3 nitrogen and oxygen atoms in total. The normalized spacial score (nSPS) is 10.8. The molecule has 3 heteroatoms. The molecule has 0 spiro atoms. The van der Waals surface area contributed by atoms with Crippen LogP contribution < -0.4 is 0 Å². The number of unbranched alkanes of at least 4 members (excludes halogenated alkanes) is 1. The van der Waals surface area contributed by atoms with Crippen molar-refractivity contribution in [3.05, 3.63) is 12.2 Å². The van der Waals surface area contributed by atoms with Crippen molar-refractivity contribution >= 4 is 6.29 Å². The minimum Gasteiger partial charge on any atom is -0.355 e. The summed E-state index contributed by atoms with van der Waals surface area (Å²) >= 11 is 0. The van der Waals surface area contributed by atoms with Gasteiger partial charge in [0.05, 0.1) is 6.61 Å². The Hall–Kier alpha value is -0.670. The maximum Gasteiger partial charge on any atom is 0.147 e. The summed E-state index contributed by atoms with van der Waals surface area (Å²) in [6.45, 7) is 3.73. The number of allylic oxidation sites excluding steroid dienone is 1. The molecule has 0 aromatic heterocycles. The fourth-order valence-corrected chi connectivity index (χ4v) is 0.700. The number of ether oxygens (including phenoxy) is 2. The van der Waals surface area contributed by atoms with Crippen LogP contribution >= 0.6 is 0 Å². The van der Waals surface area contributed by atoms with Gasteiger partial charge in [0.2, 0.25) is 0 Å². The zero-order valence-corrected chi connectivity index (χ0v) is 8.20. The molecule has 0 aliphatic carbocycles. The van der Waals surface area contributed by atoms with Crippen LogP contribution in [0.15, 0.2) is 12.2 Å². The second-order valence-corrected chi connectivity index (χ2v) is 2.62. The van der Waals surface area contributed by atoms with Crippen LogP contribution in [0.4, 0.5) is 0 Å². The fraction of sp³-hybridized carbons (Fsp3) is 0.700. The lowest BCUT2D eigenvalue weighted by molar-refractivity contribution is -0.107. The van der Waals surface area contributed by atoms with E-state index in [4.69, 9.17) is 9.47 Å². The van der Waals surface area contributed by atoms with Gasteiger partial charge in [0, 0.05) is 13.0 Å². The Kier molecular flexibility index (Phi) is 10.7. The molecule has 0 aliphatic rings. The maximum absolute atomic E-state index is 9.90. The van der Waals surface area contributed by atoms with Crippen LogP contribution in [-0.4, -0.2) is 26.3 Å². The molecule has 0 aliphatic heterocycles. The molecule has 13 heavy (non-hydrogen) atoms. The SMILES string of the molecule is CCCCOCOCC=CCC=O. The summed E-state index contributed by atoms with van der Waals surface area (Å²) in [5.74, 6) is 0. The van der Waals surface area contributed by atoms with Crippen LogP contribution in [0.1, 0.15) is 26.2 Å². The van der Waals surface area contributed by atoms with E-state index in [0.717, 1.165) is 25.7 Å². The molecule has 0 radical (unpaired) electrons. The van der Waals surface area contributed by atoms with E-state index in [1.54, 1.807) is 6.08 Å². The molecular formula is C10H18O3. The first-order valence-corrected chi connectivity index (χ1v) is 4.66. The van der Waals surface area contributed by atoms with Crippen LogP contribution in [0.5, 0.6) is 0 Å². The third kappa shape index (κ3) is 11.3. The second-order valence-electron chi connectivity index (χ2n) is 2.62. The molecule has 0 N–H and O–H groups in total. The third-order valence-electron chi connectivity index (χ3n) is 1.42. The zero-order valence-electron chi connectivity index (χ0n) is 8.20. The van der Waals surface area contributed by atoms with Crippen molar-refractivity contribution in [3.63, 3.8) is 0 Å². The third-order valence-corrected chi connectivity index (χ3v) is 1.42. The van der Waals surface area contributed by atoms with Crippen LogP contribution in [-0.2, 0) is 14.3 Å². The van der Waals surface area contributed by atoms with Crippen LogP contribution in [0, 0.1) is 0 Å². The lowest BCUT2D eigenvalue weighted by atomic mass is 10.4. The molecule has 0 amide bonds. The summed E-state index contributed by atoms with van der Waals surface area (Å²) in [7, 11) is 0. The largest absolute Gasteiger partial charge is 0.355 e. The molecule has 0 bridgehead atoms. The van der Waals surface area contributed by atoms with E-state index in [1.165, 1.54) is 0 Å². The fourth-order valence-electron chi connectivity index (χ4n) is 0.700. The van der Waals surface area contributed by atoms with Crippen LogP contribution in [0.25, 0.3) is 0 Å². The van der Waals surface area contributed by atoms with Crippen molar-refractivity contribution in [1.82, 2.24) is 0 Å². The van der Waals surface area contributed by atoms with Gasteiger partial charge in [0.1, 0.15) is 13.1 Å². The first-order valence-electron chi connectivity index (χ1n) is 4.66. The summed E-state index contributed by atoms with van der Waals surface area (Å²) in [5, 5.41) is 0. The molecule has 0 aromatic rings. The Morgan fingerprint density at radius 2 is 2.08 bits per heavy atom. The molecular weight excluding hydrogens is 168 g/mol. The molecule has 0 saturated heterocycles. The zero-order chi connectivity index (χ0) is 9.78. The number of aldehydes is 1. The van der Waals surface area contributed by atoms with E-state index in [-0.39, 0.29) is 0 Å². The highest BCUT2D eigenvalue weighted by molar-refractivity contribution is 5.51. The second kappa shape index (κ2) is 11.3. The Morgan fingerprint density at radius 3 is 2.77 bits per heavy atom. The van der Waals surface area contributed by atoms with Gasteiger partial charge >= 0.3 is 0 Å².